The number of hydrogen-bond acceptors (Lipinski definition) is 5. The number of nitrogens with zero attached hydrogens (tertiary/aromatic N) is 2. The average molecular weight is 402 g/mol. The summed E-state index contributed by atoms with van der Waals surface area (Å²) in [5.41, 5.74) is 7.08. The van der Waals surface area contributed by atoms with Gasteiger partial charge >= 0.3 is 5.69 Å². The average Bonchev–Trinajstić information content (AvgIpc) is 2.65. The molecule has 29 heavy (non-hydrogen) atoms. The van der Waals surface area contributed by atoms with Gasteiger partial charge in [-0.1, -0.05) is 43.7 Å². The molecule has 0 atom stereocenters. The van der Waals surface area contributed by atoms with Crippen molar-refractivity contribution in [2.45, 2.75) is 40.2 Å². The van der Waals surface area contributed by atoms with Crippen LogP contribution in [-0.4, -0.2) is 35.7 Å². The lowest BCUT2D eigenvalue weighted by Crippen LogP contribution is -2.43. The highest BCUT2D eigenvalue weighted by Gasteiger charge is 2.24. The second-order valence-electron chi connectivity index (χ2n) is 7.52. The summed E-state index contributed by atoms with van der Waals surface area (Å²) < 4.78 is 6.41. The maximum atomic E-state index is 13.0. The third-order valence-corrected chi connectivity index (χ3v) is 4.56. The van der Waals surface area contributed by atoms with Crippen LogP contribution < -0.4 is 21.9 Å². The fraction of sp³-hybridized carbons (Fsp3) is 0.476. The standard InChI is InChI=1S/C21H30N4O4/c1-14(2)13-25-19(22)18(20(27)23-21(25)28)24(10-11-29-4)17(26)9-8-16-7-5-6-15(3)12-16/h5-7,12,14H,8-11,13,22H2,1-4H3,(H,23,27,28). The summed E-state index contributed by atoms with van der Waals surface area (Å²) in [6.07, 6.45) is 0.739. The van der Waals surface area contributed by atoms with Crippen LogP contribution in [0.1, 0.15) is 31.4 Å². The summed E-state index contributed by atoms with van der Waals surface area (Å²) in [5, 5.41) is 0. The number of aromatic nitrogens is 2. The Morgan fingerprint density at radius 3 is 2.66 bits per heavy atom. The zero-order chi connectivity index (χ0) is 21.6. The highest BCUT2D eigenvalue weighted by molar-refractivity contribution is 5.95. The highest BCUT2D eigenvalue weighted by atomic mass is 16.5. The van der Waals surface area contributed by atoms with Crippen molar-refractivity contribution in [2.75, 3.05) is 30.9 Å². The van der Waals surface area contributed by atoms with E-state index in [0.29, 0.717) is 13.0 Å². The van der Waals surface area contributed by atoms with Crippen LogP contribution in [0, 0.1) is 12.8 Å². The Kier molecular flexibility index (Phi) is 7.78. The topological polar surface area (TPSA) is 110 Å². The van der Waals surface area contributed by atoms with Crippen LogP contribution in [0.15, 0.2) is 33.9 Å². The molecule has 8 heteroatoms. The van der Waals surface area contributed by atoms with Gasteiger partial charge < -0.3 is 15.4 Å². The Labute approximate surface area is 170 Å². The van der Waals surface area contributed by atoms with E-state index >= 15 is 0 Å². The molecule has 1 amide bonds. The molecule has 0 spiro atoms. The van der Waals surface area contributed by atoms with Crippen molar-refractivity contribution < 1.29 is 9.53 Å². The molecule has 3 N–H and O–H groups in total. The van der Waals surface area contributed by atoms with Gasteiger partial charge in [0.2, 0.25) is 5.91 Å². The predicted octanol–water partition coefficient (Wildman–Crippen LogP) is 1.70. The second-order valence-corrected chi connectivity index (χ2v) is 7.52. The van der Waals surface area contributed by atoms with Gasteiger partial charge in [-0.2, -0.15) is 0 Å². The number of anilines is 2. The molecular formula is C21H30N4O4. The Morgan fingerprint density at radius 2 is 2.03 bits per heavy atom. The third-order valence-electron chi connectivity index (χ3n) is 4.56. The fourth-order valence-electron chi connectivity index (χ4n) is 3.18. The van der Waals surface area contributed by atoms with Crippen molar-refractivity contribution in [3.8, 4) is 0 Å². The van der Waals surface area contributed by atoms with Crippen molar-refractivity contribution in [2.24, 2.45) is 5.92 Å². The smallest absolute Gasteiger partial charge is 0.330 e. The zero-order valence-corrected chi connectivity index (χ0v) is 17.5. The minimum atomic E-state index is -0.674. The number of H-pyrrole nitrogens is 1. The van der Waals surface area contributed by atoms with Crippen LogP contribution in [-0.2, 0) is 22.5 Å². The van der Waals surface area contributed by atoms with Crippen molar-refractivity contribution in [3.63, 3.8) is 0 Å². The minimum absolute atomic E-state index is 0.00320. The SMILES string of the molecule is COCCN(C(=O)CCc1cccc(C)c1)c1c(N)n(CC(C)C)c(=O)[nH]c1=O. The van der Waals surface area contributed by atoms with E-state index in [1.165, 1.54) is 16.6 Å². The quantitative estimate of drug-likeness (QED) is 0.663. The van der Waals surface area contributed by atoms with Crippen LogP contribution in [0.3, 0.4) is 0 Å². The van der Waals surface area contributed by atoms with E-state index in [1.807, 2.05) is 45.0 Å². The van der Waals surface area contributed by atoms with Gasteiger partial charge in [0, 0.05) is 26.6 Å². The first-order chi connectivity index (χ1) is 13.7. The van der Waals surface area contributed by atoms with E-state index in [0.717, 1.165) is 11.1 Å². The number of nitrogens with one attached hydrogen (secondary N) is 1. The number of ether oxygens (including phenoxy) is 1. The minimum Gasteiger partial charge on any atom is -0.383 e. The molecule has 8 nitrogen and oxygen atoms in total. The number of nitrogen functional groups attached to an aromatic ring is 1. The van der Waals surface area contributed by atoms with Crippen molar-refractivity contribution in [3.05, 3.63) is 56.2 Å². The molecule has 1 aromatic heterocycles. The normalized spacial score (nSPS) is 11.1. The van der Waals surface area contributed by atoms with E-state index in [1.54, 1.807) is 0 Å². The number of amides is 1. The summed E-state index contributed by atoms with van der Waals surface area (Å²) in [4.78, 5) is 41.4. The van der Waals surface area contributed by atoms with Gasteiger partial charge in [-0.25, -0.2) is 4.79 Å². The highest BCUT2D eigenvalue weighted by Crippen LogP contribution is 2.19. The first-order valence-corrected chi connectivity index (χ1v) is 9.72. The van der Waals surface area contributed by atoms with Crippen molar-refractivity contribution in [1.29, 1.82) is 0 Å². The largest absolute Gasteiger partial charge is 0.383 e. The van der Waals surface area contributed by atoms with Gasteiger partial charge in [0.05, 0.1) is 6.61 Å². The number of rotatable bonds is 9. The number of carbonyl (C=O) groups is 1. The summed E-state index contributed by atoms with van der Waals surface area (Å²) in [6, 6.07) is 7.93. The fourth-order valence-corrected chi connectivity index (χ4v) is 3.18. The van der Waals surface area contributed by atoms with E-state index < -0.39 is 11.2 Å². The zero-order valence-electron chi connectivity index (χ0n) is 17.5. The van der Waals surface area contributed by atoms with Gasteiger partial charge in [0.15, 0.2) is 5.69 Å². The van der Waals surface area contributed by atoms with Crippen LogP contribution in [0.2, 0.25) is 0 Å². The van der Waals surface area contributed by atoms with Crippen LogP contribution >= 0.6 is 0 Å². The molecule has 2 aromatic rings. The van der Waals surface area contributed by atoms with Crippen LogP contribution in [0.4, 0.5) is 11.5 Å². The molecule has 1 heterocycles. The van der Waals surface area contributed by atoms with E-state index in [4.69, 9.17) is 10.5 Å². The summed E-state index contributed by atoms with van der Waals surface area (Å²) in [5.74, 6) is -0.124. The molecule has 0 unspecified atom stereocenters. The molecule has 0 fully saturated rings. The molecule has 0 saturated carbocycles. The van der Waals surface area contributed by atoms with Gasteiger partial charge in [0.25, 0.3) is 5.56 Å². The molecule has 0 aliphatic rings. The molecule has 2 rings (SSSR count). The summed E-state index contributed by atoms with van der Waals surface area (Å²) in [6.45, 7) is 6.60. The Bertz CT molecular complexity index is 962. The lowest BCUT2D eigenvalue weighted by molar-refractivity contribution is -0.118. The van der Waals surface area contributed by atoms with Crippen molar-refractivity contribution >= 4 is 17.4 Å². The molecule has 1 aromatic carbocycles. The lowest BCUT2D eigenvalue weighted by atomic mass is 10.1. The third kappa shape index (κ3) is 5.80. The van der Waals surface area contributed by atoms with Gasteiger partial charge in [-0.3, -0.25) is 19.1 Å². The predicted molar refractivity (Wildman–Crippen MR) is 114 cm³/mol. The number of nitrogens with two attached hydrogens (primary N) is 1. The van der Waals surface area contributed by atoms with Crippen molar-refractivity contribution in [1.82, 2.24) is 9.55 Å². The molecule has 0 saturated heterocycles. The number of benzene rings is 1. The Balaban J connectivity index is 2.37. The second kappa shape index (κ2) is 10.1. The van der Waals surface area contributed by atoms with Gasteiger partial charge in [0.1, 0.15) is 5.82 Å². The van der Waals surface area contributed by atoms with E-state index in [2.05, 4.69) is 4.98 Å². The molecule has 158 valence electrons. The van der Waals surface area contributed by atoms with E-state index in [9.17, 15) is 14.4 Å². The molecular weight excluding hydrogens is 372 g/mol. The van der Waals surface area contributed by atoms with Crippen LogP contribution in [0.25, 0.3) is 0 Å². The number of hydrogen-bond donors (Lipinski definition) is 2. The number of methoxy groups -OCH3 is 1. The maximum absolute atomic E-state index is 13.0. The monoisotopic (exact) mass is 402 g/mol. The van der Waals surface area contributed by atoms with Crippen LogP contribution in [0.5, 0.6) is 0 Å². The molecule has 0 aliphatic heterocycles. The maximum Gasteiger partial charge on any atom is 0.330 e. The Hall–Kier alpha value is -2.87. The lowest BCUT2D eigenvalue weighted by Gasteiger charge is -2.24. The van der Waals surface area contributed by atoms with Gasteiger partial charge in [-0.15, -0.1) is 0 Å². The number of aromatic amines is 1. The molecule has 0 aliphatic carbocycles. The summed E-state index contributed by atoms with van der Waals surface area (Å²) >= 11 is 0. The van der Waals surface area contributed by atoms with Gasteiger partial charge in [-0.05, 0) is 24.8 Å². The van der Waals surface area contributed by atoms with E-state index in [-0.39, 0.29) is 42.9 Å². The first-order valence-electron chi connectivity index (χ1n) is 9.72. The Morgan fingerprint density at radius 1 is 1.31 bits per heavy atom. The molecule has 0 bridgehead atoms. The number of aryl methyl sites for hydroxylation is 2. The molecule has 0 radical (unpaired) electrons. The number of carbonyl (C=O) groups excluding carboxylic acids is 1. The first kappa shape index (κ1) is 22.4. The summed E-state index contributed by atoms with van der Waals surface area (Å²) in [7, 11) is 1.52.